The quantitative estimate of drug-likeness (QED) is 0.264. The van der Waals surface area contributed by atoms with Crippen LogP contribution in [0.15, 0.2) is 35.9 Å². The van der Waals surface area contributed by atoms with Crippen LogP contribution < -0.4 is 0 Å². The molecule has 0 heterocycles. The highest BCUT2D eigenvalue weighted by atomic mass is 28.4. The first kappa shape index (κ1) is 32.3. The third-order valence-corrected chi connectivity index (χ3v) is 17.1. The number of hydrogen-bond donors (Lipinski definition) is 1. The van der Waals surface area contributed by atoms with Crippen LogP contribution in [0.25, 0.3) is 6.08 Å². The van der Waals surface area contributed by atoms with Crippen LogP contribution in [-0.2, 0) is 8.85 Å². The van der Waals surface area contributed by atoms with Gasteiger partial charge in [-0.15, -0.1) is 0 Å². The van der Waals surface area contributed by atoms with Gasteiger partial charge >= 0.3 is 0 Å². The van der Waals surface area contributed by atoms with Crippen LogP contribution in [0.4, 0.5) is 0 Å². The molecule has 3 nitrogen and oxygen atoms in total. The Hall–Kier alpha value is -0.726. The van der Waals surface area contributed by atoms with Crippen LogP contribution in [0, 0.1) is 5.92 Å². The Kier molecular flexibility index (Phi) is 12.2. The monoisotopic (exact) mass is 520 g/mol. The minimum absolute atomic E-state index is 0.170. The first-order valence-electron chi connectivity index (χ1n) is 13.6. The average Bonchev–Trinajstić information content (AvgIpc) is 2.69. The van der Waals surface area contributed by atoms with E-state index in [1.807, 2.05) is 6.07 Å². The molecule has 0 fully saturated rings. The minimum atomic E-state index is -1.79. The fourth-order valence-corrected chi connectivity index (χ4v) is 6.24. The smallest absolute Gasteiger partial charge is 0.192 e. The lowest BCUT2D eigenvalue weighted by molar-refractivity contribution is 0.125. The molecule has 5 heteroatoms. The molecule has 1 rings (SSSR count). The molecule has 0 radical (unpaired) electrons. The Bertz CT molecular complexity index is 773. The first-order valence-corrected chi connectivity index (χ1v) is 19.4. The molecule has 0 aliphatic carbocycles. The molecule has 0 unspecified atom stereocenters. The second-order valence-electron chi connectivity index (χ2n) is 13.7. The summed E-state index contributed by atoms with van der Waals surface area (Å²) in [4.78, 5) is 0. The molecule has 202 valence electrons. The molecule has 1 aromatic carbocycles. The lowest BCUT2D eigenvalue weighted by atomic mass is 9.93. The molecule has 0 bridgehead atoms. The summed E-state index contributed by atoms with van der Waals surface area (Å²) < 4.78 is 13.0. The van der Waals surface area contributed by atoms with Gasteiger partial charge in [-0.25, -0.2) is 0 Å². The Morgan fingerprint density at radius 3 is 1.91 bits per heavy atom. The predicted octanol–water partition coefficient (Wildman–Crippen LogP) is 9.06. The van der Waals surface area contributed by atoms with Crippen LogP contribution in [0.5, 0.6) is 0 Å². The first-order chi connectivity index (χ1) is 15.8. The molecule has 35 heavy (non-hydrogen) atoms. The summed E-state index contributed by atoms with van der Waals surface area (Å²) in [6.45, 7) is 28.1. The molecule has 0 saturated heterocycles. The molecule has 0 aliphatic heterocycles. The van der Waals surface area contributed by atoms with E-state index < -0.39 is 16.6 Å². The standard InChI is InChI=1S/C30H56O3Si2/c1-24(23-32-34(9,10)29(3,4)5)20-27(21-26-16-14-13-15-17-26)22-28(31)19-18-25(2)33-35(11,12)30(6,7)8/h13-17,21,24-25,28,31H,18-20,22-23H2,1-12H3/b27-21+/t24-,25+,28-/m1/s1. The Labute approximate surface area is 220 Å². The van der Waals surface area contributed by atoms with Crippen LogP contribution in [0.2, 0.25) is 36.3 Å². The summed E-state index contributed by atoms with van der Waals surface area (Å²) in [6, 6.07) is 10.5. The summed E-state index contributed by atoms with van der Waals surface area (Å²) in [6.07, 6.45) is 5.37. The Morgan fingerprint density at radius 1 is 0.857 bits per heavy atom. The van der Waals surface area contributed by atoms with Gasteiger partial charge in [0, 0.05) is 12.7 Å². The summed E-state index contributed by atoms with van der Waals surface area (Å²) in [7, 11) is -3.55. The zero-order chi connectivity index (χ0) is 27.1. The predicted molar refractivity (Wildman–Crippen MR) is 159 cm³/mol. The maximum Gasteiger partial charge on any atom is 0.192 e. The van der Waals surface area contributed by atoms with Gasteiger partial charge in [0.1, 0.15) is 0 Å². The fourth-order valence-electron chi connectivity index (χ4n) is 3.63. The van der Waals surface area contributed by atoms with Crippen LogP contribution >= 0.6 is 0 Å². The Balaban J connectivity index is 2.79. The van der Waals surface area contributed by atoms with E-state index >= 15 is 0 Å². The van der Waals surface area contributed by atoms with Crippen molar-refractivity contribution in [3.05, 3.63) is 41.5 Å². The summed E-state index contributed by atoms with van der Waals surface area (Å²) in [5.41, 5.74) is 2.50. The van der Waals surface area contributed by atoms with E-state index in [0.29, 0.717) is 12.3 Å². The number of aliphatic hydroxyl groups excluding tert-OH is 1. The summed E-state index contributed by atoms with van der Waals surface area (Å²) in [5.74, 6) is 0.409. The van der Waals surface area contributed by atoms with E-state index in [0.717, 1.165) is 25.9 Å². The third-order valence-electron chi connectivity index (χ3n) is 8.02. The van der Waals surface area contributed by atoms with Crippen molar-refractivity contribution in [1.29, 1.82) is 0 Å². The van der Waals surface area contributed by atoms with Gasteiger partial charge < -0.3 is 14.0 Å². The lowest BCUT2D eigenvalue weighted by Crippen LogP contribution is -2.43. The van der Waals surface area contributed by atoms with Crippen LogP contribution in [0.1, 0.15) is 86.6 Å². The minimum Gasteiger partial charge on any atom is -0.417 e. The van der Waals surface area contributed by atoms with Crippen molar-refractivity contribution in [3.8, 4) is 0 Å². The maximum atomic E-state index is 11.0. The number of benzene rings is 1. The van der Waals surface area contributed by atoms with E-state index in [9.17, 15) is 5.11 Å². The van der Waals surface area contributed by atoms with Gasteiger partial charge in [-0.05, 0) is 80.4 Å². The molecular formula is C30H56O3Si2. The molecular weight excluding hydrogens is 464 g/mol. The highest BCUT2D eigenvalue weighted by Crippen LogP contribution is 2.38. The van der Waals surface area contributed by atoms with Crippen molar-refractivity contribution in [1.82, 2.24) is 0 Å². The van der Waals surface area contributed by atoms with Crippen molar-refractivity contribution < 1.29 is 14.0 Å². The molecule has 0 spiro atoms. The van der Waals surface area contributed by atoms with Crippen molar-refractivity contribution in [3.63, 3.8) is 0 Å². The Morgan fingerprint density at radius 2 is 1.40 bits per heavy atom. The molecule has 0 saturated carbocycles. The number of hydrogen-bond acceptors (Lipinski definition) is 3. The number of aliphatic hydroxyl groups is 1. The van der Waals surface area contributed by atoms with E-state index in [2.05, 4.69) is 112 Å². The van der Waals surface area contributed by atoms with Crippen molar-refractivity contribution in [2.24, 2.45) is 5.92 Å². The highest BCUT2D eigenvalue weighted by Gasteiger charge is 2.38. The maximum absolute atomic E-state index is 11.0. The van der Waals surface area contributed by atoms with Gasteiger partial charge in [-0.1, -0.05) is 90.4 Å². The van der Waals surface area contributed by atoms with E-state index in [1.165, 1.54) is 11.1 Å². The SMILES string of the molecule is C[C@@H](CO[Si](C)(C)C(C)(C)C)C/C(=C\c1ccccc1)C[C@H](O)CC[C@H](C)O[Si](C)(C)C(C)(C)C. The topological polar surface area (TPSA) is 38.7 Å². The van der Waals surface area contributed by atoms with E-state index in [4.69, 9.17) is 8.85 Å². The largest absolute Gasteiger partial charge is 0.417 e. The highest BCUT2D eigenvalue weighted by molar-refractivity contribution is 6.74. The zero-order valence-corrected chi connectivity index (χ0v) is 27.0. The molecule has 3 atom stereocenters. The molecule has 0 aromatic heterocycles. The molecule has 1 N–H and O–H groups in total. The normalized spacial score (nSPS) is 16.8. The van der Waals surface area contributed by atoms with Gasteiger partial charge in [0.15, 0.2) is 16.6 Å². The molecule has 1 aromatic rings. The van der Waals surface area contributed by atoms with Crippen LogP contribution in [0.3, 0.4) is 0 Å². The zero-order valence-electron chi connectivity index (χ0n) is 25.0. The molecule has 0 aliphatic rings. The van der Waals surface area contributed by atoms with Gasteiger partial charge in [-0.3, -0.25) is 0 Å². The third kappa shape index (κ3) is 11.5. The summed E-state index contributed by atoms with van der Waals surface area (Å²) >= 11 is 0. The van der Waals surface area contributed by atoms with Crippen molar-refractivity contribution in [2.45, 2.75) is 130 Å². The van der Waals surface area contributed by atoms with E-state index in [1.54, 1.807) is 0 Å². The van der Waals surface area contributed by atoms with Crippen molar-refractivity contribution in [2.75, 3.05) is 6.61 Å². The number of rotatable bonds is 13. The van der Waals surface area contributed by atoms with Gasteiger partial charge in [0.05, 0.1) is 6.10 Å². The van der Waals surface area contributed by atoms with Gasteiger partial charge in [0.25, 0.3) is 0 Å². The van der Waals surface area contributed by atoms with Crippen LogP contribution in [-0.4, -0.2) is 40.6 Å². The fraction of sp³-hybridized carbons (Fsp3) is 0.733. The van der Waals surface area contributed by atoms with E-state index in [-0.39, 0.29) is 22.3 Å². The molecule has 0 amide bonds. The second-order valence-corrected chi connectivity index (χ2v) is 23.3. The lowest BCUT2D eigenvalue weighted by Gasteiger charge is -2.38. The van der Waals surface area contributed by atoms with Crippen molar-refractivity contribution >= 4 is 22.7 Å². The van der Waals surface area contributed by atoms with Gasteiger partial charge in [0.2, 0.25) is 0 Å². The second kappa shape index (κ2) is 13.2. The summed E-state index contributed by atoms with van der Waals surface area (Å²) in [5, 5.41) is 11.4. The van der Waals surface area contributed by atoms with Gasteiger partial charge in [-0.2, -0.15) is 0 Å². The average molecular weight is 521 g/mol.